The molecule has 0 radical (unpaired) electrons. The van der Waals surface area contributed by atoms with Gasteiger partial charge in [0.1, 0.15) is 17.1 Å². The lowest BCUT2D eigenvalue weighted by Gasteiger charge is -2.19. The van der Waals surface area contributed by atoms with Crippen molar-refractivity contribution >= 4 is 17.9 Å². The van der Waals surface area contributed by atoms with E-state index in [0.717, 1.165) is 38.5 Å². The van der Waals surface area contributed by atoms with E-state index in [0.29, 0.717) is 23.1 Å². The summed E-state index contributed by atoms with van der Waals surface area (Å²) in [5.41, 5.74) is 1.56. The number of esters is 3. The topological polar surface area (TPSA) is 78.9 Å². The van der Waals surface area contributed by atoms with Crippen molar-refractivity contribution in [3.8, 4) is 11.5 Å². The Hall–Kier alpha value is -3.93. The van der Waals surface area contributed by atoms with Crippen LogP contribution in [0.2, 0.25) is 0 Å². The van der Waals surface area contributed by atoms with Gasteiger partial charge in [-0.3, -0.25) is 0 Å². The van der Waals surface area contributed by atoms with Crippen molar-refractivity contribution < 1.29 is 28.6 Å². The summed E-state index contributed by atoms with van der Waals surface area (Å²) in [6, 6.07) is 20.2. The van der Waals surface area contributed by atoms with E-state index in [-0.39, 0.29) is 23.2 Å². The fraction of sp³-hybridized carbons (Fsp3) is 0.300. The van der Waals surface area contributed by atoms with Gasteiger partial charge in [-0.25, -0.2) is 14.4 Å². The van der Waals surface area contributed by atoms with Crippen LogP contribution in [0.1, 0.15) is 82.1 Å². The molecule has 6 nitrogen and oxygen atoms in total. The molecular formula is C30H30O6. The monoisotopic (exact) mass is 486 g/mol. The van der Waals surface area contributed by atoms with Crippen molar-refractivity contribution in [1.29, 1.82) is 0 Å². The molecule has 0 saturated heterocycles. The predicted octanol–water partition coefficient (Wildman–Crippen LogP) is 6.57. The van der Waals surface area contributed by atoms with E-state index in [2.05, 4.69) is 0 Å². The first-order valence-corrected chi connectivity index (χ1v) is 12.4. The van der Waals surface area contributed by atoms with Crippen LogP contribution < -0.4 is 9.47 Å². The van der Waals surface area contributed by atoms with Crippen LogP contribution in [0.4, 0.5) is 0 Å². The third kappa shape index (κ3) is 6.60. The summed E-state index contributed by atoms with van der Waals surface area (Å²) >= 11 is 0. The van der Waals surface area contributed by atoms with Gasteiger partial charge in [0.05, 0.1) is 17.2 Å². The van der Waals surface area contributed by atoms with Gasteiger partial charge in [-0.05, 0) is 68.5 Å². The Morgan fingerprint density at radius 2 is 1.36 bits per heavy atom. The van der Waals surface area contributed by atoms with E-state index in [1.54, 1.807) is 60.7 Å². The Balaban J connectivity index is 1.73. The number of carbonyl (C=O) groups excluding carboxylic acids is 3. The minimum Gasteiger partial charge on any atom is -0.459 e. The molecule has 4 rings (SSSR count). The van der Waals surface area contributed by atoms with Crippen LogP contribution in [-0.4, -0.2) is 24.0 Å². The SMILES string of the molecule is C[C@@H]1CCCCCCCc2cc(OC(=O)c3ccccc3)cc(OC(=O)c3ccccc3)c2C(=O)O1. The second kappa shape index (κ2) is 12.2. The number of benzene rings is 3. The minimum absolute atomic E-state index is 0.0199. The van der Waals surface area contributed by atoms with Crippen LogP contribution in [0.5, 0.6) is 11.5 Å². The van der Waals surface area contributed by atoms with Crippen molar-refractivity contribution in [2.75, 3.05) is 0 Å². The van der Waals surface area contributed by atoms with E-state index in [9.17, 15) is 14.4 Å². The number of hydrogen-bond acceptors (Lipinski definition) is 6. The minimum atomic E-state index is -0.615. The summed E-state index contributed by atoms with van der Waals surface area (Å²) in [4.78, 5) is 39.0. The first kappa shape index (κ1) is 25.2. The molecule has 0 fully saturated rings. The van der Waals surface area contributed by atoms with Crippen LogP contribution in [-0.2, 0) is 11.2 Å². The maximum Gasteiger partial charge on any atom is 0.343 e. The molecule has 0 bridgehead atoms. The average molecular weight is 487 g/mol. The largest absolute Gasteiger partial charge is 0.459 e. The lowest BCUT2D eigenvalue weighted by Crippen LogP contribution is -2.20. The van der Waals surface area contributed by atoms with Crippen molar-refractivity contribution in [3.63, 3.8) is 0 Å². The fourth-order valence-electron chi connectivity index (χ4n) is 4.26. The zero-order valence-electron chi connectivity index (χ0n) is 20.4. The van der Waals surface area contributed by atoms with Gasteiger partial charge in [0.2, 0.25) is 0 Å². The first-order valence-electron chi connectivity index (χ1n) is 12.4. The van der Waals surface area contributed by atoms with Gasteiger partial charge in [-0.15, -0.1) is 0 Å². The Kier molecular flexibility index (Phi) is 8.50. The van der Waals surface area contributed by atoms with Crippen LogP contribution >= 0.6 is 0 Å². The maximum atomic E-state index is 13.3. The van der Waals surface area contributed by atoms with Gasteiger partial charge in [0.25, 0.3) is 0 Å². The Bertz CT molecular complexity index is 1200. The third-order valence-electron chi connectivity index (χ3n) is 6.16. The smallest absolute Gasteiger partial charge is 0.343 e. The molecule has 1 aliphatic rings. The van der Waals surface area contributed by atoms with Gasteiger partial charge in [0, 0.05) is 6.07 Å². The number of rotatable bonds is 4. The summed E-state index contributed by atoms with van der Waals surface area (Å²) in [6.45, 7) is 1.87. The number of fused-ring (bicyclic) bond motifs is 1. The summed E-state index contributed by atoms with van der Waals surface area (Å²) in [5, 5.41) is 0. The molecule has 1 heterocycles. The lowest BCUT2D eigenvalue weighted by molar-refractivity contribution is 0.0313. The van der Waals surface area contributed by atoms with E-state index in [4.69, 9.17) is 14.2 Å². The molecule has 0 N–H and O–H groups in total. The van der Waals surface area contributed by atoms with E-state index in [1.807, 2.05) is 13.0 Å². The number of hydrogen-bond donors (Lipinski definition) is 0. The zero-order valence-corrected chi connectivity index (χ0v) is 20.4. The van der Waals surface area contributed by atoms with Crippen LogP contribution in [0, 0.1) is 0 Å². The van der Waals surface area contributed by atoms with Crippen LogP contribution in [0.25, 0.3) is 0 Å². The van der Waals surface area contributed by atoms with Crippen molar-refractivity contribution in [1.82, 2.24) is 0 Å². The number of aryl methyl sites for hydroxylation is 1. The van der Waals surface area contributed by atoms with Crippen molar-refractivity contribution in [3.05, 3.63) is 95.1 Å². The second-order valence-corrected chi connectivity index (χ2v) is 8.99. The highest BCUT2D eigenvalue weighted by molar-refractivity contribution is 5.98. The first-order chi connectivity index (χ1) is 17.5. The van der Waals surface area contributed by atoms with E-state index >= 15 is 0 Å². The molecule has 0 aliphatic carbocycles. The second-order valence-electron chi connectivity index (χ2n) is 8.99. The van der Waals surface area contributed by atoms with Gasteiger partial charge < -0.3 is 14.2 Å². The van der Waals surface area contributed by atoms with E-state index in [1.165, 1.54) is 6.07 Å². The predicted molar refractivity (Wildman–Crippen MR) is 136 cm³/mol. The standard InChI is InChI=1S/C30H30O6/c1-21-13-7-3-2-4-8-18-24-19-25(35-28(31)22-14-9-5-10-15-22)20-26(27(24)30(33)34-21)36-29(32)23-16-11-6-12-17-23/h5-6,9-12,14-17,19-21H,2-4,7-8,13,18H2,1H3/t21-/m1/s1. The van der Waals surface area contributed by atoms with Gasteiger partial charge in [0.15, 0.2) is 0 Å². The molecule has 0 saturated carbocycles. The average Bonchev–Trinajstić information content (AvgIpc) is 2.88. The lowest BCUT2D eigenvalue weighted by atomic mass is 9.98. The summed E-state index contributed by atoms with van der Waals surface area (Å²) < 4.78 is 17.1. The molecule has 6 heteroatoms. The fourth-order valence-corrected chi connectivity index (χ4v) is 4.26. The van der Waals surface area contributed by atoms with Gasteiger partial charge in [-0.1, -0.05) is 55.7 Å². The highest BCUT2D eigenvalue weighted by atomic mass is 16.6. The van der Waals surface area contributed by atoms with Crippen LogP contribution in [0.3, 0.4) is 0 Å². The van der Waals surface area contributed by atoms with Crippen molar-refractivity contribution in [2.45, 2.75) is 58.0 Å². The molecule has 0 amide bonds. The molecule has 0 unspecified atom stereocenters. The van der Waals surface area contributed by atoms with Gasteiger partial charge in [-0.2, -0.15) is 0 Å². The zero-order chi connectivity index (χ0) is 25.3. The maximum absolute atomic E-state index is 13.3. The molecule has 0 spiro atoms. The number of cyclic esters (lactones) is 1. The number of ether oxygens (including phenoxy) is 3. The molecule has 3 aromatic rings. The molecule has 3 aromatic carbocycles. The Labute approximate surface area is 211 Å². The quantitative estimate of drug-likeness (QED) is 0.307. The highest BCUT2D eigenvalue weighted by Crippen LogP contribution is 2.33. The van der Waals surface area contributed by atoms with Crippen molar-refractivity contribution in [2.24, 2.45) is 0 Å². The third-order valence-corrected chi connectivity index (χ3v) is 6.16. The Morgan fingerprint density at radius 1 is 0.778 bits per heavy atom. The van der Waals surface area contributed by atoms with Crippen LogP contribution in [0.15, 0.2) is 72.8 Å². The normalized spacial score (nSPS) is 16.5. The summed E-state index contributed by atoms with van der Waals surface area (Å²) in [7, 11) is 0. The molecular weight excluding hydrogens is 456 g/mol. The molecule has 36 heavy (non-hydrogen) atoms. The Morgan fingerprint density at radius 3 is 2.03 bits per heavy atom. The molecule has 0 aromatic heterocycles. The van der Waals surface area contributed by atoms with Gasteiger partial charge >= 0.3 is 17.9 Å². The molecule has 186 valence electrons. The molecule has 1 atom stereocenters. The summed E-state index contributed by atoms with van der Waals surface area (Å²) in [5.74, 6) is -1.48. The number of carbonyl (C=O) groups is 3. The van der Waals surface area contributed by atoms with E-state index < -0.39 is 17.9 Å². The summed E-state index contributed by atoms with van der Waals surface area (Å²) in [6.07, 6.45) is 6.09. The highest BCUT2D eigenvalue weighted by Gasteiger charge is 2.26. The molecule has 1 aliphatic heterocycles.